The first-order valence-corrected chi connectivity index (χ1v) is 5.73. The van der Waals surface area contributed by atoms with E-state index >= 15 is 0 Å². The average molecular weight is 258 g/mol. The lowest BCUT2D eigenvalue weighted by Gasteiger charge is -2.20. The zero-order valence-corrected chi connectivity index (χ0v) is 10.8. The van der Waals surface area contributed by atoms with Gasteiger partial charge in [0.25, 0.3) is 0 Å². The van der Waals surface area contributed by atoms with Gasteiger partial charge >= 0.3 is 6.09 Å². The first-order chi connectivity index (χ1) is 7.81. The van der Waals surface area contributed by atoms with Crippen LogP contribution >= 0.6 is 11.6 Å². The molecule has 0 unspecified atom stereocenters. The van der Waals surface area contributed by atoms with Crippen LogP contribution in [0.2, 0.25) is 0 Å². The average Bonchev–Trinajstić information content (AvgIpc) is 2.18. The molecule has 0 radical (unpaired) electrons. The molecule has 0 aliphatic heterocycles. The van der Waals surface area contributed by atoms with Crippen molar-refractivity contribution < 1.29 is 14.6 Å². The van der Waals surface area contributed by atoms with Crippen molar-refractivity contribution in [3.05, 3.63) is 23.8 Å². The molecule has 0 spiro atoms. The first kappa shape index (κ1) is 13.6. The second-order valence-corrected chi connectivity index (χ2v) is 4.88. The molecule has 0 bridgehead atoms. The number of carbonyl (C=O) groups is 1. The third kappa shape index (κ3) is 4.53. The van der Waals surface area contributed by atoms with Crippen LogP contribution in [-0.2, 0) is 10.6 Å². The number of hydrogen-bond donors (Lipinski definition) is 2. The summed E-state index contributed by atoms with van der Waals surface area (Å²) in [6, 6.07) is 4.80. The molecule has 1 aromatic carbocycles. The molecule has 94 valence electrons. The lowest BCUT2D eigenvalue weighted by molar-refractivity contribution is 0.0635. The SMILES string of the molecule is CC(C)(C)OC(=O)Nc1ccc(CCl)cc1O. The number of halogens is 1. The number of anilines is 1. The van der Waals surface area contributed by atoms with E-state index in [-0.39, 0.29) is 5.75 Å². The highest BCUT2D eigenvalue weighted by Crippen LogP contribution is 2.25. The Hall–Kier alpha value is -1.42. The Bertz CT molecular complexity index is 413. The molecule has 5 heteroatoms. The number of benzene rings is 1. The van der Waals surface area contributed by atoms with Crippen molar-refractivity contribution in [3.8, 4) is 5.75 Å². The van der Waals surface area contributed by atoms with Gasteiger partial charge in [0.1, 0.15) is 11.4 Å². The summed E-state index contributed by atoms with van der Waals surface area (Å²) in [5.74, 6) is 0.273. The maximum Gasteiger partial charge on any atom is 0.412 e. The fraction of sp³-hybridized carbons (Fsp3) is 0.417. The van der Waals surface area contributed by atoms with E-state index in [4.69, 9.17) is 16.3 Å². The minimum absolute atomic E-state index is 0.0333. The lowest BCUT2D eigenvalue weighted by atomic mass is 10.2. The van der Waals surface area contributed by atoms with Gasteiger partial charge in [-0.05, 0) is 38.5 Å². The minimum Gasteiger partial charge on any atom is -0.506 e. The number of amides is 1. The molecule has 0 aliphatic carbocycles. The molecule has 2 N–H and O–H groups in total. The summed E-state index contributed by atoms with van der Waals surface area (Å²) in [6.07, 6.45) is -0.605. The van der Waals surface area contributed by atoms with E-state index in [2.05, 4.69) is 5.32 Å². The van der Waals surface area contributed by atoms with Gasteiger partial charge in [-0.2, -0.15) is 0 Å². The number of phenols is 1. The zero-order valence-electron chi connectivity index (χ0n) is 10.1. The predicted octanol–water partition coefficient (Wildman–Crippen LogP) is 3.48. The van der Waals surface area contributed by atoms with Gasteiger partial charge in [0, 0.05) is 5.88 Å². The van der Waals surface area contributed by atoms with Gasteiger partial charge in [-0.25, -0.2) is 4.79 Å². The summed E-state index contributed by atoms with van der Waals surface area (Å²) in [5.41, 5.74) is 0.502. The predicted molar refractivity (Wildman–Crippen MR) is 67.5 cm³/mol. The quantitative estimate of drug-likeness (QED) is 0.630. The molecule has 0 aromatic heterocycles. The maximum atomic E-state index is 11.5. The van der Waals surface area contributed by atoms with Crippen molar-refractivity contribution in [1.29, 1.82) is 0 Å². The van der Waals surface area contributed by atoms with Crippen molar-refractivity contribution >= 4 is 23.4 Å². The monoisotopic (exact) mass is 257 g/mol. The first-order valence-electron chi connectivity index (χ1n) is 5.19. The Balaban J connectivity index is 2.72. The smallest absolute Gasteiger partial charge is 0.412 e. The number of nitrogens with one attached hydrogen (secondary N) is 1. The molecule has 0 aliphatic rings. The van der Waals surface area contributed by atoms with Crippen LogP contribution in [0.15, 0.2) is 18.2 Å². The molecular weight excluding hydrogens is 242 g/mol. The van der Waals surface area contributed by atoms with Crippen molar-refractivity contribution in [1.82, 2.24) is 0 Å². The standard InChI is InChI=1S/C12H16ClNO3/c1-12(2,3)17-11(16)14-9-5-4-8(7-13)6-10(9)15/h4-6,15H,7H2,1-3H3,(H,14,16). The minimum atomic E-state index is -0.605. The largest absolute Gasteiger partial charge is 0.506 e. The number of ether oxygens (including phenoxy) is 1. The summed E-state index contributed by atoms with van der Waals surface area (Å²) < 4.78 is 5.07. The number of phenolic OH excluding ortho intramolecular Hbond substituents is 1. The molecule has 0 fully saturated rings. The van der Waals surface area contributed by atoms with Gasteiger partial charge in [0.05, 0.1) is 5.69 Å². The third-order valence-electron chi connectivity index (χ3n) is 1.85. The molecule has 0 saturated heterocycles. The maximum absolute atomic E-state index is 11.5. The number of carbonyl (C=O) groups excluding carboxylic acids is 1. The topological polar surface area (TPSA) is 58.6 Å². The third-order valence-corrected chi connectivity index (χ3v) is 2.16. The Morgan fingerprint density at radius 2 is 2.12 bits per heavy atom. The highest BCUT2D eigenvalue weighted by Gasteiger charge is 2.17. The van der Waals surface area contributed by atoms with E-state index in [1.807, 2.05) is 0 Å². The van der Waals surface area contributed by atoms with Crippen LogP contribution in [0.25, 0.3) is 0 Å². The molecule has 1 aromatic rings. The second kappa shape index (κ2) is 5.27. The molecule has 1 amide bonds. The summed E-state index contributed by atoms with van der Waals surface area (Å²) in [6.45, 7) is 5.30. The molecule has 1 rings (SSSR count). The number of aromatic hydroxyl groups is 1. The van der Waals surface area contributed by atoms with Gasteiger partial charge in [-0.15, -0.1) is 11.6 Å². The van der Waals surface area contributed by atoms with Crippen LogP contribution in [-0.4, -0.2) is 16.8 Å². The van der Waals surface area contributed by atoms with Gasteiger partial charge in [0.2, 0.25) is 0 Å². The lowest BCUT2D eigenvalue weighted by Crippen LogP contribution is -2.27. The molecule has 0 saturated carbocycles. The Morgan fingerprint density at radius 3 is 2.59 bits per heavy atom. The van der Waals surface area contributed by atoms with E-state index < -0.39 is 11.7 Å². The van der Waals surface area contributed by atoms with Crippen molar-refractivity contribution in [3.63, 3.8) is 0 Å². The van der Waals surface area contributed by atoms with E-state index in [0.29, 0.717) is 11.6 Å². The highest BCUT2D eigenvalue weighted by molar-refractivity contribution is 6.17. The molecule has 4 nitrogen and oxygen atoms in total. The van der Waals surface area contributed by atoms with Crippen LogP contribution in [0.5, 0.6) is 5.75 Å². The van der Waals surface area contributed by atoms with E-state index in [0.717, 1.165) is 5.56 Å². The van der Waals surface area contributed by atoms with Crippen molar-refractivity contribution in [2.75, 3.05) is 5.32 Å². The second-order valence-electron chi connectivity index (χ2n) is 4.61. The molecule has 0 heterocycles. The summed E-state index contributed by atoms with van der Waals surface area (Å²) in [7, 11) is 0. The number of rotatable bonds is 2. The summed E-state index contributed by atoms with van der Waals surface area (Å²) in [5, 5.41) is 12.1. The zero-order chi connectivity index (χ0) is 13.1. The van der Waals surface area contributed by atoms with Crippen LogP contribution in [0.1, 0.15) is 26.3 Å². The Kier molecular flexibility index (Phi) is 4.23. The summed E-state index contributed by atoms with van der Waals surface area (Å²) >= 11 is 5.62. The van der Waals surface area contributed by atoms with Gasteiger partial charge in [0.15, 0.2) is 0 Å². The number of hydrogen-bond acceptors (Lipinski definition) is 3. The molecular formula is C12H16ClNO3. The van der Waals surface area contributed by atoms with Gasteiger partial charge in [-0.3, -0.25) is 5.32 Å². The van der Waals surface area contributed by atoms with Crippen molar-refractivity contribution in [2.24, 2.45) is 0 Å². The molecule has 0 atom stereocenters. The fourth-order valence-electron chi connectivity index (χ4n) is 1.18. The van der Waals surface area contributed by atoms with Gasteiger partial charge in [-0.1, -0.05) is 6.07 Å². The van der Waals surface area contributed by atoms with Crippen LogP contribution in [0, 0.1) is 0 Å². The van der Waals surface area contributed by atoms with Gasteiger partial charge < -0.3 is 9.84 Å². The van der Waals surface area contributed by atoms with E-state index in [9.17, 15) is 9.90 Å². The Labute approximate surface area is 106 Å². The van der Waals surface area contributed by atoms with E-state index in [1.165, 1.54) is 6.07 Å². The highest BCUT2D eigenvalue weighted by atomic mass is 35.5. The van der Waals surface area contributed by atoms with Crippen molar-refractivity contribution in [2.45, 2.75) is 32.3 Å². The fourth-order valence-corrected chi connectivity index (χ4v) is 1.35. The Morgan fingerprint density at radius 1 is 1.47 bits per heavy atom. The number of alkyl halides is 1. The normalized spacial score (nSPS) is 11.1. The van der Waals surface area contributed by atoms with Crippen LogP contribution in [0.3, 0.4) is 0 Å². The van der Waals surface area contributed by atoms with Crippen LogP contribution in [0.4, 0.5) is 10.5 Å². The van der Waals surface area contributed by atoms with E-state index in [1.54, 1.807) is 32.9 Å². The molecule has 17 heavy (non-hydrogen) atoms. The van der Waals surface area contributed by atoms with Crippen LogP contribution < -0.4 is 5.32 Å². The summed E-state index contributed by atoms with van der Waals surface area (Å²) in [4.78, 5) is 11.5.